The molecule has 0 unspecified atom stereocenters. The molecule has 2 aromatic heterocycles. The molecule has 1 aromatic carbocycles. The Labute approximate surface area is 147 Å². The Balaban J connectivity index is 1.51. The number of hydrogen-bond donors (Lipinski definition) is 1. The van der Waals surface area contributed by atoms with Gasteiger partial charge in [0, 0.05) is 5.69 Å². The number of aromatic nitrogens is 4. The number of rotatable bonds is 4. The summed E-state index contributed by atoms with van der Waals surface area (Å²) in [5, 5.41) is 13.1. The van der Waals surface area contributed by atoms with Crippen LogP contribution in [0.2, 0.25) is 0 Å². The van der Waals surface area contributed by atoms with Crippen LogP contribution in [0, 0.1) is 0 Å². The van der Waals surface area contributed by atoms with E-state index in [1.54, 1.807) is 6.07 Å². The second kappa shape index (κ2) is 6.64. The number of thiophene rings is 1. The first-order valence-corrected chi connectivity index (χ1v) is 9.07. The molecular weight excluding hydrogens is 338 g/mol. The molecular formula is C17H17N5O2S. The van der Waals surface area contributed by atoms with Gasteiger partial charge in [0.1, 0.15) is 11.5 Å². The lowest BCUT2D eigenvalue weighted by atomic mass is 9.90. The van der Waals surface area contributed by atoms with Crippen LogP contribution in [0.15, 0.2) is 40.5 Å². The van der Waals surface area contributed by atoms with Gasteiger partial charge in [0.2, 0.25) is 5.91 Å². The van der Waals surface area contributed by atoms with Crippen molar-refractivity contribution < 1.29 is 4.79 Å². The summed E-state index contributed by atoms with van der Waals surface area (Å²) in [5.74, 6) is -0.278. The van der Waals surface area contributed by atoms with E-state index >= 15 is 0 Å². The molecule has 0 fully saturated rings. The van der Waals surface area contributed by atoms with Crippen LogP contribution in [0.4, 0.5) is 5.69 Å². The normalized spacial score (nSPS) is 13.4. The van der Waals surface area contributed by atoms with E-state index in [1.807, 2.05) is 23.6 Å². The number of carbonyl (C=O) groups excluding carboxylic acids is 1. The number of amides is 1. The van der Waals surface area contributed by atoms with Crippen molar-refractivity contribution in [2.75, 3.05) is 5.32 Å². The smallest absolute Gasteiger partial charge is 0.324 e. The topological polar surface area (TPSA) is 81.8 Å². The van der Waals surface area contributed by atoms with E-state index in [2.05, 4.69) is 21.8 Å². The first-order chi connectivity index (χ1) is 12.2. The Kier molecular flexibility index (Phi) is 4.19. The largest absolute Gasteiger partial charge is 0.369 e. The molecule has 1 aliphatic carbocycles. The van der Waals surface area contributed by atoms with Crippen molar-refractivity contribution in [1.29, 1.82) is 0 Å². The van der Waals surface area contributed by atoms with Crippen LogP contribution < -0.4 is 11.0 Å². The number of tetrazole rings is 1. The van der Waals surface area contributed by atoms with Gasteiger partial charge >= 0.3 is 5.69 Å². The van der Waals surface area contributed by atoms with Gasteiger partial charge in [-0.25, -0.2) is 4.79 Å². The fraction of sp³-hybridized carbons (Fsp3) is 0.294. The van der Waals surface area contributed by atoms with Gasteiger partial charge < -0.3 is 5.32 Å². The highest BCUT2D eigenvalue weighted by atomic mass is 32.1. The van der Waals surface area contributed by atoms with E-state index in [-0.39, 0.29) is 12.5 Å². The molecule has 0 aliphatic heterocycles. The van der Waals surface area contributed by atoms with E-state index in [4.69, 9.17) is 0 Å². The molecule has 25 heavy (non-hydrogen) atoms. The summed E-state index contributed by atoms with van der Waals surface area (Å²) in [6.07, 6.45) is 4.34. The van der Waals surface area contributed by atoms with E-state index in [0.29, 0.717) is 5.00 Å². The Hall–Kier alpha value is -2.74. The van der Waals surface area contributed by atoms with Crippen LogP contribution in [0.25, 0.3) is 5.00 Å². The molecule has 128 valence electrons. The van der Waals surface area contributed by atoms with Crippen LogP contribution in [0.1, 0.15) is 24.0 Å². The van der Waals surface area contributed by atoms with Crippen molar-refractivity contribution in [2.24, 2.45) is 0 Å². The number of nitrogens with one attached hydrogen (secondary N) is 1. The third kappa shape index (κ3) is 3.12. The van der Waals surface area contributed by atoms with Crippen molar-refractivity contribution in [2.45, 2.75) is 32.2 Å². The third-order valence-corrected chi connectivity index (χ3v) is 5.16. The predicted octanol–water partition coefficient (Wildman–Crippen LogP) is 2.01. The number of fused-ring (bicyclic) bond motifs is 1. The van der Waals surface area contributed by atoms with Gasteiger partial charge in [-0.1, -0.05) is 12.1 Å². The summed E-state index contributed by atoms with van der Waals surface area (Å²) in [4.78, 5) is 24.7. The van der Waals surface area contributed by atoms with Gasteiger partial charge in [-0.15, -0.1) is 11.3 Å². The summed E-state index contributed by atoms with van der Waals surface area (Å²) in [6.45, 7) is -0.159. The quantitative estimate of drug-likeness (QED) is 0.776. The maximum Gasteiger partial charge on any atom is 0.369 e. The molecule has 3 aromatic rings. The average Bonchev–Trinajstić information content (AvgIpc) is 3.26. The first kappa shape index (κ1) is 15.8. The van der Waals surface area contributed by atoms with Crippen LogP contribution in [-0.4, -0.2) is 25.7 Å². The minimum absolute atomic E-state index is 0.159. The van der Waals surface area contributed by atoms with E-state index < -0.39 is 5.69 Å². The molecule has 0 spiro atoms. The van der Waals surface area contributed by atoms with Crippen molar-refractivity contribution in [1.82, 2.24) is 19.8 Å². The number of benzene rings is 1. The monoisotopic (exact) mass is 355 g/mol. The zero-order valence-electron chi connectivity index (χ0n) is 13.5. The highest BCUT2D eigenvalue weighted by Gasteiger charge is 2.16. The lowest BCUT2D eigenvalue weighted by molar-refractivity contribution is -0.117. The lowest BCUT2D eigenvalue weighted by Crippen LogP contribution is -2.29. The van der Waals surface area contributed by atoms with Gasteiger partial charge in [0.15, 0.2) is 0 Å². The molecule has 0 atom stereocenters. The molecule has 7 nitrogen and oxygen atoms in total. The van der Waals surface area contributed by atoms with Crippen LogP contribution in [0.3, 0.4) is 0 Å². The Morgan fingerprint density at radius 3 is 2.88 bits per heavy atom. The molecule has 4 rings (SSSR count). The molecule has 0 radical (unpaired) electrons. The molecule has 0 saturated carbocycles. The summed E-state index contributed by atoms with van der Waals surface area (Å²) >= 11 is 1.39. The first-order valence-electron chi connectivity index (χ1n) is 8.20. The standard InChI is InChI=1S/C17H17N5O2S/c23-15(18-14-8-3-6-12-5-1-2-7-13(12)14)11-21-17(24)22(20-19-21)16-9-4-10-25-16/h3-4,6,8-10H,1-2,5,7,11H2,(H,18,23). The fourth-order valence-corrected chi connectivity index (χ4v) is 3.79. The van der Waals surface area contributed by atoms with E-state index in [0.717, 1.165) is 29.6 Å². The Morgan fingerprint density at radius 2 is 2.04 bits per heavy atom. The van der Waals surface area contributed by atoms with Gasteiger partial charge in [-0.3, -0.25) is 4.79 Å². The Morgan fingerprint density at radius 1 is 1.16 bits per heavy atom. The molecule has 1 N–H and O–H groups in total. The van der Waals surface area contributed by atoms with Crippen molar-refractivity contribution in [3.63, 3.8) is 0 Å². The number of carbonyl (C=O) groups is 1. The van der Waals surface area contributed by atoms with Crippen LogP contribution in [-0.2, 0) is 24.2 Å². The van der Waals surface area contributed by atoms with Gasteiger partial charge in [-0.05, 0) is 70.8 Å². The van der Waals surface area contributed by atoms with Gasteiger partial charge in [-0.2, -0.15) is 9.36 Å². The van der Waals surface area contributed by atoms with Crippen molar-refractivity contribution in [3.05, 3.63) is 57.3 Å². The average molecular weight is 355 g/mol. The number of anilines is 1. The fourth-order valence-electron chi connectivity index (χ4n) is 3.13. The minimum Gasteiger partial charge on any atom is -0.324 e. The molecule has 1 aliphatic rings. The van der Waals surface area contributed by atoms with Crippen molar-refractivity contribution >= 4 is 22.9 Å². The number of aryl methyl sites for hydroxylation is 1. The second-order valence-corrected chi connectivity index (χ2v) is 6.91. The zero-order chi connectivity index (χ0) is 17.2. The SMILES string of the molecule is O=C(Cn1nnn(-c2cccs2)c1=O)Nc1cccc2c1CCCC2. The summed E-state index contributed by atoms with van der Waals surface area (Å²) in [7, 11) is 0. The summed E-state index contributed by atoms with van der Waals surface area (Å²) < 4.78 is 2.27. The van der Waals surface area contributed by atoms with Gasteiger partial charge in [0.05, 0.1) is 0 Å². The third-order valence-electron chi connectivity index (χ3n) is 4.32. The van der Waals surface area contributed by atoms with Crippen LogP contribution in [0.5, 0.6) is 0 Å². The maximum atomic E-state index is 12.4. The molecule has 0 bridgehead atoms. The predicted molar refractivity (Wildman–Crippen MR) is 95.2 cm³/mol. The second-order valence-electron chi connectivity index (χ2n) is 5.98. The Bertz CT molecular complexity index is 958. The summed E-state index contributed by atoms with van der Waals surface area (Å²) in [5.41, 5.74) is 2.91. The molecule has 2 heterocycles. The molecule has 1 amide bonds. The van der Waals surface area contributed by atoms with E-state index in [1.165, 1.54) is 33.6 Å². The summed E-state index contributed by atoms with van der Waals surface area (Å²) in [6, 6.07) is 9.59. The zero-order valence-corrected chi connectivity index (χ0v) is 14.3. The minimum atomic E-state index is -0.423. The van der Waals surface area contributed by atoms with Gasteiger partial charge in [0.25, 0.3) is 0 Å². The highest BCUT2D eigenvalue weighted by molar-refractivity contribution is 7.12. The van der Waals surface area contributed by atoms with E-state index in [9.17, 15) is 9.59 Å². The number of hydrogen-bond acceptors (Lipinski definition) is 5. The van der Waals surface area contributed by atoms with Crippen LogP contribution >= 0.6 is 11.3 Å². The lowest BCUT2D eigenvalue weighted by Gasteiger charge is -2.19. The highest BCUT2D eigenvalue weighted by Crippen LogP contribution is 2.27. The van der Waals surface area contributed by atoms with Crippen molar-refractivity contribution in [3.8, 4) is 5.00 Å². The molecule has 8 heteroatoms. The number of nitrogens with zero attached hydrogens (tertiary/aromatic N) is 4. The maximum absolute atomic E-state index is 12.4. The molecule has 0 saturated heterocycles.